The van der Waals surface area contributed by atoms with Crippen LogP contribution in [0.5, 0.6) is 0 Å². The van der Waals surface area contributed by atoms with E-state index in [0.717, 1.165) is 12.8 Å². The normalized spacial score (nSPS) is 20.9. The van der Waals surface area contributed by atoms with Gasteiger partial charge in [0.1, 0.15) is 5.82 Å². The van der Waals surface area contributed by atoms with Crippen LogP contribution in [0.15, 0.2) is 18.2 Å². The molecule has 1 fully saturated rings. The van der Waals surface area contributed by atoms with Gasteiger partial charge in [-0.25, -0.2) is 4.39 Å². The molecule has 1 aliphatic rings. The van der Waals surface area contributed by atoms with E-state index in [4.69, 9.17) is 5.73 Å². The van der Waals surface area contributed by atoms with E-state index in [-0.39, 0.29) is 11.6 Å². The van der Waals surface area contributed by atoms with Gasteiger partial charge in [0.25, 0.3) is 0 Å². The highest BCUT2D eigenvalue weighted by Crippen LogP contribution is 2.21. The maximum atomic E-state index is 13.3. The number of nitrogens with one attached hydrogen (secondary N) is 1. The Balaban J connectivity index is 2.14. The molecule has 1 atom stereocenters. The summed E-state index contributed by atoms with van der Waals surface area (Å²) in [6.07, 6.45) is 1.74. The van der Waals surface area contributed by atoms with E-state index in [9.17, 15) is 12.8 Å². The zero-order valence-corrected chi connectivity index (χ0v) is 12.3. The molecule has 1 saturated heterocycles. The van der Waals surface area contributed by atoms with E-state index in [0.29, 0.717) is 25.2 Å². The van der Waals surface area contributed by atoms with Crippen LogP contribution in [0.3, 0.4) is 0 Å². The van der Waals surface area contributed by atoms with E-state index in [2.05, 4.69) is 4.72 Å². The lowest BCUT2D eigenvalue weighted by atomic mass is 10.0. The van der Waals surface area contributed by atoms with Crippen LogP contribution >= 0.6 is 0 Å². The first-order chi connectivity index (χ1) is 9.40. The monoisotopic (exact) mass is 301 g/mol. The second-order valence-electron chi connectivity index (χ2n) is 5.23. The van der Waals surface area contributed by atoms with Crippen molar-refractivity contribution < 1.29 is 12.8 Å². The van der Waals surface area contributed by atoms with Gasteiger partial charge < -0.3 is 5.73 Å². The van der Waals surface area contributed by atoms with E-state index in [1.807, 2.05) is 0 Å². The summed E-state index contributed by atoms with van der Waals surface area (Å²) in [4.78, 5) is 0. The van der Waals surface area contributed by atoms with Crippen molar-refractivity contribution in [1.82, 2.24) is 4.31 Å². The lowest BCUT2D eigenvalue weighted by Gasteiger charge is -2.31. The Hall–Kier alpha value is -1.18. The summed E-state index contributed by atoms with van der Waals surface area (Å²) >= 11 is 0. The lowest BCUT2D eigenvalue weighted by molar-refractivity contribution is 0.273. The van der Waals surface area contributed by atoms with Crippen molar-refractivity contribution in [2.45, 2.75) is 19.8 Å². The Labute approximate surface area is 119 Å². The number of nitrogens with zero attached hydrogens (tertiary/aromatic N) is 1. The molecule has 0 aromatic heterocycles. The molecule has 1 aliphatic heterocycles. The number of benzene rings is 1. The fourth-order valence-electron chi connectivity index (χ4n) is 2.45. The van der Waals surface area contributed by atoms with Gasteiger partial charge >= 0.3 is 10.2 Å². The number of hydrogen-bond acceptors (Lipinski definition) is 3. The van der Waals surface area contributed by atoms with Gasteiger partial charge in [-0.1, -0.05) is 0 Å². The van der Waals surface area contributed by atoms with Crippen LogP contribution < -0.4 is 10.5 Å². The number of piperidine rings is 1. The van der Waals surface area contributed by atoms with Crippen LogP contribution in [0, 0.1) is 18.7 Å². The van der Waals surface area contributed by atoms with Crippen molar-refractivity contribution in [2.75, 3.05) is 24.4 Å². The SMILES string of the molecule is Cc1cc(F)cc(NS(=O)(=O)N2CCCC(CN)C2)c1. The molecule has 1 aromatic rings. The van der Waals surface area contributed by atoms with Gasteiger partial charge in [0.2, 0.25) is 0 Å². The predicted molar refractivity (Wildman–Crippen MR) is 77.0 cm³/mol. The van der Waals surface area contributed by atoms with Gasteiger partial charge in [0, 0.05) is 13.1 Å². The molecule has 1 aromatic carbocycles. The molecule has 7 heteroatoms. The van der Waals surface area contributed by atoms with Crippen LogP contribution in [0.2, 0.25) is 0 Å². The second-order valence-corrected chi connectivity index (χ2v) is 6.90. The molecule has 1 unspecified atom stereocenters. The van der Waals surface area contributed by atoms with Crippen LogP contribution in [0.4, 0.5) is 10.1 Å². The molecule has 0 radical (unpaired) electrons. The predicted octanol–water partition coefficient (Wildman–Crippen LogP) is 1.46. The van der Waals surface area contributed by atoms with E-state index in [1.54, 1.807) is 13.0 Å². The first kappa shape index (κ1) is 15.2. The zero-order chi connectivity index (χ0) is 14.8. The van der Waals surface area contributed by atoms with Gasteiger partial charge in [0.05, 0.1) is 5.69 Å². The minimum atomic E-state index is -3.65. The molecule has 3 N–H and O–H groups in total. The molecule has 20 heavy (non-hydrogen) atoms. The van der Waals surface area contributed by atoms with Crippen LogP contribution in [0.25, 0.3) is 0 Å². The van der Waals surface area contributed by atoms with Crippen molar-refractivity contribution >= 4 is 15.9 Å². The van der Waals surface area contributed by atoms with Gasteiger partial charge in [-0.3, -0.25) is 4.72 Å². The van der Waals surface area contributed by atoms with Crippen LogP contribution in [-0.4, -0.2) is 32.4 Å². The fraction of sp³-hybridized carbons (Fsp3) is 0.538. The summed E-state index contributed by atoms with van der Waals surface area (Å²) in [6, 6.07) is 4.13. The molecule has 5 nitrogen and oxygen atoms in total. The van der Waals surface area contributed by atoms with Crippen LogP contribution in [0.1, 0.15) is 18.4 Å². The van der Waals surface area contributed by atoms with E-state index in [1.165, 1.54) is 16.4 Å². The summed E-state index contributed by atoms with van der Waals surface area (Å²) in [6.45, 7) is 3.08. The molecule has 0 aliphatic carbocycles. The van der Waals surface area contributed by atoms with E-state index >= 15 is 0 Å². The summed E-state index contributed by atoms with van der Waals surface area (Å²) in [7, 11) is -3.65. The van der Waals surface area contributed by atoms with Crippen molar-refractivity contribution in [3.8, 4) is 0 Å². The molecular weight excluding hydrogens is 281 g/mol. The van der Waals surface area contributed by atoms with Gasteiger partial charge in [-0.15, -0.1) is 0 Å². The van der Waals surface area contributed by atoms with Crippen molar-refractivity contribution in [3.63, 3.8) is 0 Å². The highest BCUT2D eigenvalue weighted by molar-refractivity contribution is 7.90. The first-order valence-corrected chi connectivity index (χ1v) is 8.10. The largest absolute Gasteiger partial charge is 0.330 e. The molecule has 0 saturated carbocycles. The topological polar surface area (TPSA) is 75.4 Å². The van der Waals surface area contributed by atoms with Gasteiger partial charge in [-0.05, 0) is 56.0 Å². The van der Waals surface area contributed by atoms with Gasteiger partial charge in [-0.2, -0.15) is 12.7 Å². The minimum absolute atomic E-state index is 0.189. The third-order valence-electron chi connectivity index (χ3n) is 3.44. The molecule has 0 bridgehead atoms. The third-order valence-corrected chi connectivity index (χ3v) is 4.95. The maximum Gasteiger partial charge on any atom is 0.301 e. The first-order valence-electron chi connectivity index (χ1n) is 6.66. The minimum Gasteiger partial charge on any atom is -0.330 e. The Bertz CT molecular complexity index is 557. The number of halogens is 1. The molecule has 112 valence electrons. The smallest absolute Gasteiger partial charge is 0.301 e. The molecule has 2 rings (SSSR count). The number of anilines is 1. The Morgan fingerprint density at radius 2 is 2.20 bits per heavy atom. The molecule has 0 spiro atoms. The number of nitrogens with two attached hydrogens (primary N) is 1. The lowest BCUT2D eigenvalue weighted by Crippen LogP contribution is -2.44. The average Bonchev–Trinajstić information content (AvgIpc) is 2.37. The molecule has 1 heterocycles. The summed E-state index contributed by atoms with van der Waals surface area (Å²) < 4.78 is 41.7. The van der Waals surface area contributed by atoms with Crippen molar-refractivity contribution in [1.29, 1.82) is 0 Å². The molecular formula is C13H20FN3O2S. The van der Waals surface area contributed by atoms with Crippen molar-refractivity contribution in [2.24, 2.45) is 11.7 Å². The Morgan fingerprint density at radius 3 is 2.85 bits per heavy atom. The average molecular weight is 301 g/mol. The third kappa shape index (κ3) is 3.68. The highest BCUT2D eigenvalue weighted by Gasteiger charge is 2.28. The van der Waals surface area contributed by atoms with E-state index < -0.39 is 16.0 Å². The Kier molecular flexibility index (Phi) is 4.62. The number of hydrogen-bond donors (Lipinski definition) is 2. The van der Waals surface area contributed by atoms with Crippen LogP contribution in [-0.2, 0) is 10.2 Å². The van der Waals surface area contributed by atoms with Crippen molar-refractivity contribution in [3.05, 3.63) is 29.6 Å². The highest BCUT2D eigenvalue weighted by atomic mass is 32.2. The maximum absolute atomic E-state index is 13.3. The summed E-state index contributed by atoms with van der Waals surface area (Å²) in [5.41, 5.74) is 6.52. The quantitative estimate of drug-likeness (QED) is 0.884. The standard InChI is InChI=1S/C13H20FN3O2S/c1-10-5-12(14)7-13(6-10)16-20(18,19)17-4-2-3-11(8-15)9-17/h5-7,11,16H,2-4,8-9,15H2,1H3. The molecule has 0 amide bonds. The Morgan fingerprint density at radius 1 is 1.45 bits per heavy atom. The number of aryl methyl sites for hydroxylation is 1. The second kappa shape index (κ2) is 6.07. The summed E-state index contributed by atoms with van der Waals surface area (Å²) in [5, 5.41) is 0. The number of rotatable bonds is 4. The fourth-order valence-corrected chi connectivity index (χ4v) is 3.77. The van der Waals surface area contributed by atoms with Gasteiger partial charge in [0.15, 0.2) is 0 Å². The summed E-state index contributed by atoms with van der Waals surface area (Å²) in [5.74, 6) is -0.268. The zero-order valence-electron chi connectivity index (χ0n) is 11.5.